The Hall–Kier alpha value is -0.530. The van der Waals surface area contributed by atoms with Crippen LogP contribution >= 0.6 is 11.6 Å². The third-order valence-corrected chi connectivity index (χ3v) is 4.79. The summed E-state index contributed by atoms with van der Waals surface area (Å²) < 4.78 is 0. The molecule has 100 valence electrons. The average Bonchev–Trinajstić information content (AvgIpc) is 2.35. The van der Waals surface area contributed by atoms with E-state index in [1.54, 1.807) is 0 Å². The molecule has 18 heavy (non-hydrogen) atoms. The maximum atomic E-state index is 10.4. The van der Waals surface area contributed by atoms with E-state index in [0.717, 1.165) is 29.7 Å². The summed E-state index contributed by atoms with van der Waals surface area (Å²) in [7, 11) is 0. The first-order chi connectivity index (χ1) is 8.56. The summed E-state index contributed by atoms with van der Waals surface area (Å²) in [4.78, 5) is 0. The number of hydrogen-bond acceptors (Lipinski definition) is 1. The molecule has 1 N–H and O–H groups in total. The normalized spacial score (nSPS) is 30.1. The minimum atomic E-state index is -0.207. The van der Waals surface area contributed by atoms with Crippen LogP contribution in [-0.4, -0.2) is 11.2 Å². The third-order valence-electron chi connectivity index (χ3n) is 4.54. The molecule has 0 spiro atoms. The van der Waals surface area contributed by atoms with E-state index in [2.05, 4.69) is 13.8 Å². The van der Waals surface area contributed by atoms with Crippen LogP contribution in [-0.2, 0) is 6.42 Å². The van der Waals surface area contributed by atoms with E-state index in [1.807, 2.05) is 24.3 Å². The molecule has 0 bridgehead atoms. The van der Waals surface area contributed by atoms with Gasteiger partial charge in [0.1, 0.15) is 0 Å². The molecule has 0 amide bonds. The van der Waals surface area contributed by atoms with E-state index in [9.17, 15) is 5.11 Å². The van der Waals surface area contributed by atoms with Crippen molar-refractivity contribution in [2.24, 2.45) is 17.8 Å². The SMILES string of the molecule is CC1CCC(C(O)Cc2ccc(Cl)cc2)CC1C. The van der Waals surface area contributed by atoms with Gasteiger partial charge in [0, 0.05) is 5.02 Å². The average molecular weight is 267 g/mol. The van der Waals surface area contributed by atoms with Gasteiger partial charge in [0.05, 0.1) is 6.10 Å². The fraction of sp³-hybridized carbons (Fsp3) is 0.625. The van der Waals surface area contributed by atoms with Crippen molar-refractivity contribution in [3.8, 4) is 0 Å². The summed E-state index contributed by atoms with van der Waals surface area (Å²) >= 11 is 5.87. The molecule has 1 fully saturated rings. The minimum absolute atomic E-state index is 0.207. The number of benzene rings is 1. The van der Waals surface area contributed by atoms with Gasteiger partial charge >= 0.3 is 0 Å². The number of aliphatic hydroxyl groups is 1. The molecule has 0 saturated heterocycles. The number of hydrogen-bond donors (Lipinski definition) is 1. The smallest absolute Gasteiger partial charge is 0.0608 e. The van der Waals surface area contributed by atoms with Gasteiger partial charge in [-0.15, -0.1) is 0 Å². The van der Waals surface area contributed by atoms with Crippen molar-refractivity contribution >= 4 is 11.6 Å². The quantitative estimate of drug-likeness (QED) is 0.864. The third kappa shape index (κ3) is 3.49. The predicted octanol–water partition coefficient (Wildman–Crippen LogP) is 4.32. The maximum Gasteiger partial charge on any atom is 0.0608 e. The molecule has 1 saturated carbocycles. The van der Waals surface area contributed by atoms with Gasteiger partial charge in [-0.2, -0.15) is 0 Å². The summed E-state index contributed by atoms with van der Waals surface area (Å²) in [5.74, 6) is 2.01. The van der Waals surface area contributed by atoms with Crippen molar-refractivity contribution < 1.29 is 5.11 Å². The van der Waals surface area contributed by atoms with Gasteiger partial charge in [-0.25, -0.2) is 0 Å². The summed E-state index contributed by atoms with van der Waals surface area (Å²) in [5.41, 5.74) is 1.18. The van der Waals surface area contributed by atoms with Gasteiger partial charge in [-0.1, -0.05) is 44.0 Å². The Morgan fingerprint density at radius 3 is 2.44 bits per heavy atom. The fourth-order valence-corrected chi connectivity index (χ4v) is 3.09. The van der Waals surface area contributed by atoms with Crippen molar-refractivity contribution in [2.75, 3.05) is 0 Å². The first-order valence-corrected chi connectivity index (χ1v) is 7.36. The molecule has 0 aromatic heterocycles. The summed E-state index contributed by atoms with van der Waals surface area (Å²) in [5, 5.41) is 11.1. The van der Waals surface area contributed by atoms with Gasteiger partial charge in [0.25, 0.3) is 0 Å². The molecule has 2 heteroatoms. The van der Waals surface area contributed by atoms with Gasteiger partial charge in [-0.3, -0.25) is 0 Å². The van der Waals surface area contributed by atoms with Crippen molar-refractivity contribution in [2.45, 2.75) is 45.6 Å². The highest BCUT2D eigenvalue weighted by atomic mass is 35.5. The first-order valence-electron chi connectivity index (χ1n) is 6.98. The van der Waals surface area contributed by atoms with Crippen LogP contribution in [0.15, 0.2) is 24.3 Å². The van der Waals surface area contributed by atoms with Crippen molar-refractivity contribution in [3.05, 3.63) is 34.9 Å². The Bertz CT molecular complexity index is 373. The Morgan fingerprint density at radius 2 is 1.83 bits per heavy atom. The first kappa shape index (κ1) is 13.9. The molecule has 1 aliphatic rings. The Balaban J connectivity index is 1.91. The van der Waals surface area contributed by atoms with Crippen molar-refractivity contribution in [1.29, 1.82) is 0 Å². The molecule has 4 unspecified atom stereocenters. The van der Waals surface area contributed by atoms with Crippen LogP contribution in [0.25, 0.3) is 0 Å². The van der Waals surface area contributed by atoms with E-state index < -0.39 is 0 Å². The Labute approximate surface area is 115 Å². The van der Waals surface area contributed by atoms with Crippen LogP contribution in [0.2, 0.25) is 5.02 Å². The van der Waals surface area contributed by atoms with E-state index in [-0.39, 0.29) is 6.10 Å². The Kier molecular flexibility index (Phi) is 4.69. The topological polar surface area (TPSA) is 20.2 Å². The monoisotopic (exact) mass is 266 g/mol. The number of aliphatic hydroxyl groups excluding tert-OH is 1. The fourth-order valence-electron chi connectivity index (χ4n) is 2.97. The van der Waals surface area contributed by atoms with Gasteiger partial charge in [-0.05, 0) is 54.7 Å². The number of halogens is 1. The van der Waals surface area contributed by atoms with E-state index >= 15 is 0 Å². The van der Waals surface area contributed by atoms with Crippen LogP contribution in [0.1, 0.15) is 38.7 Å². The minimum Gasteiger partial charge on any atom is -0.392 e. The Morgan fingerprint density at radius 1 is 1.17 bits per heavy atom. The molecular weight excluding hydrogens is 244 g/mol. The molecule has 2 rings (SSSR count). The standard InChI is InChI=1S/C16H23ClO/c1-11-3-6-14(9-12(11)2)16(18)10-13-4-7-15(17)8-5-13/h4-5,7-8,11-12,14,16,18H,3,6,9-10H2,1-2H3. The lowest BCUT2D eigenvalue weighted by Gasteiger charge is -2.34. The lowest BCUT2D eigenvalue weighted by atomic mass is 9.73. The highest BCUT2D eigenvalue weighted by molar-refractivity contribution is 6.30. The zero-order valence-corrected chi connectivity index (χ0v) is 12.0. The summed E-state index contributed by atoms with van der Waals surface area (Å²) in [6.45, 7) is 4.64. The van der Waals surface area contributed by atoms with Crippen molar-refractivity contribution in [3.63, 3.8) is 0 Å². The van der Waals surface area contributed by atoms with E-state index in [0.29, 0.717) is 5.92 Å². The highest BCUT2D eigenvalue weighted by Gasteiger charge is 2.29. The van der Waals surface area contributed by atoms with E-state index in [4.69, 9.17) is 11.6 Å². The van der Waals surface area contributed by atoms with Crippen molar-refractivity contribution in [1.82, 2.24) is 0 Å². The maximum absolute atomic E-state index is 10.4. The lowest BCUT2D eigenvalue weighted by molar-refractivity contribution is 0.0570. The second-order valence-corrected chi connectivity index (χ2v) is 6.36. The van der Waals surface area contributed by atoms with Crippen LogP contribution < -0.4 is 0 Å². The van der Waals surface area contributed by atoms with E-state index in [1.165, 1.54) is 18.4 Å². The van der Waals surface area contributed by atoms with Gasteiger partial charge in [0.15, 0.2) is 0 Å². The van der Waals surface area contributed by atoms with Gasteiger partial charge < -0.3 is 5.11 Å². The lowest BCUT2D eigenvalue weighted by Crippen LogP contribution is -2.30. The van der Waals surface area contributed by atoms with Gasteiger partial charge in [0.2, 0.25) is 0 Å². The zero-order valence-electron chi connectivity index (χ0n) is 11.3. The van der Waals surface area contributed by atoms with Crippen LogP contribution in [0.3, 0.4) is 0 Å². The molecular formula is C16H23ClO. The number of rotatable bonds is 3. The molecule has 1 aromatic carbocycles. The molecule has 4 atom stereocenters. The van der Waals surface area contributed by atoms with Crippen LogP contribution in [0.4, 0.5) is 0 Å². The second-order valence-electron chi connectivity index (χ2n) is 5.93. The molecule has 1 aliphatic carbocycles. The predicted molar refractivity (Wildman–Crippen MR) is 76.8 cm³/mol. The zero-order chi connectivity index (χ0) is 13.1. The van der Waals surface area contributed by atoms with Crippen LogP contribution in [0, 0.1) is 17.8 Å². The molecule has 1 nitrogen and oxygen atoms in total. The second kappa shape index (κ2) is 6.08. The van der Waals surface area contributed by atoms with Crippen LogP contribution in [0.5, 0.6) is 0 Å². The summed E-state index contributed by atoms with van der Waals surface area (Å²) in [6.07, 6.45) is 4.13. The molecule has 0 heterocycles. The largest absolute Gasteiger partial charge is 0.392 e. The highest BCUT2D eigenvalue weighted by Crippen LogP contribution is 2.35. The summed E-state index contributed by atoms with van der Waals surface area (Å²) in [6, 6.07) is 7.82. The molecule has 0 radical (unpaired) electrons. The molecule has 1 aromatic rings. The molecule has 0 aliphatic heterocycles.